The van der Waals surface area contributed by atoms with Gasteiger partial charge >= 0.3 is 12.1 Å². The van der Waals surface area contributed by atoms with Crippen molar-refractivity contribution in [2.24, 2.45) is 0 Å². The molecule has 0 aliphatic carbocycles. The van der Waals surface area contributed by atoms with Crippen LogP contribution in [0.1, 0.15) is 33.3 Å². The molecule has 0 bridgehead atoms. The summed E-state index contributed by atoms with van der Waals surface area (Å²) < 4.78 is 5.05. The number of amides is 2. The maximum atomic E-state index is 11.7. The van der Waals surface area contributed by atoms with Gasteiger partial charge in [-0.15, -0.1) is 0 Å². The smallest absolute Gasteiger partial charge is 0.408 e. The van der Waals surface area contributed by atoms with Crippen LogP contribution in [0.25, 0.3) is 0 Å². The summed E-state index contributed by atoms with van der Waals surface area (Å²) >= 11 is 0. The number of carboxylic acid groups (broad SMARTS) is 1. The fourth-order valence-corrected chi connectivity index (χ4v) is 1.83. The van der Waals surface area contributed by atoms with E-state index in [0.717, 1.165) is 6.92 Å². The van der Waals surface area contributed by atoms with Gasteiger partial charge in [-0.25, -0.2) is 9.59 Å². The van der Waals surface area contributed by atoms with E-state index in [-0.39, 0.29) is 6.42 Å². The van der Waals surface area contributed by atoms with E-state index >= 15 is 0 Å². The Labute approximate surface area is 145 Å². The summed E-state index contributed by atoms with van der Waals surface area (Å²) in [7, 11) is 0. The van der Waals surface area contributed by atoms with Crippen LogP contribution in [0.4, 0.5) is 10.5 Å². The molecule has 25 heavy (non-hydrogen) atoms. The summed E-state index contributed by atoms with van der Waals surface area (Å²) in [4.78, 5) is 45.3. The number of aliphatic carboxylic acids is 1. The zero-order chi connectivity index (χ0) is 19.2. The van der Waals surface area contributed by atoms with Crippen LogP contribution in [0.5, 0.6) is 0 Å². The average Bonchev–Trinajstić information content (AvgIpc) is 2.46. The lowest BCUT2D eigenvalue weighted by atomic mass is 10.1. The van der Waals surface area contributed by atoms with Crippen molar-refractivity contribution in [2.45, 2.75) is 45.8 Å². The normalized spacial score (nSPS) is 12.0. The molecule has 0 heterocycles. The number of carboxylic acids is 1. The number of hydrogen-bond acceptors (Lipinski definition) is 5. The number of rotatable bonds is 6. The standard InChI is InChI=1S/C17H22N2O6/c1-10(20)14(21)18-12-7-5-11(6-8-12)9-13(15(22)23)19-16(24)25-17(2,3)4/h5-8,13H,9H2,1-4H3,(H,18,21)(H,19,24)(H,22,23). The highest BCUT2D eigenvalue weighted by Gasteiger charge is 2.24. The third kappa shape index (κ3) is 7.47. The second kappa shape index (κ2) is 8.27. The molecule has 0 aliphatic rings. The van der Waals surface area contributed by atoms with Crippen molar-refractivity contribution < 1.29 is 29.0 Å². The van der Waals surface area contributed by atoms with Gasteiger partial charge in [0.05, 0.1) is 0 Å². The molecule has 1 rings (SSSR count). The Morgan fingerprint density at radius 3 is 2.12 bits per heavy atom. The Bertz CT molecular complexity index is 661. The van der Waals surface area contributed by atoms with Gasteiger partial charge < -0.3 is 20.5 Å². The minimum Gasteiger partial charge on any atom is -0.480 e. The first-order chi connectivity index (χ1) is 11.5. The number of anilines is 1. The fraction of sp³-hybridized carbons (Fsp3) is 0.412. The summed E-state index contributed by atoms with van der Waals surface area (Å²) in [6.45, 7) is 6.19. The maximum Gasteiger partial charge on any atom is 0.408 e. The lowest BCUT2D eigenvalue weighted by Crippen LogP contribution is -2.44. The van der Waals surface area contributed by atoms with E-state index in [1.165, 1.54) is 0 Å². The van der Waals surface area contributed by atoms with Crippen LogP contribution in [0.15, 0.2) is 24.3 Å². The largest absolute Gasteiger partial charge is 0.480 e. The summed E-state index contributed by atoms with van der Waals surface area (Å²) in [6.07, 6.45) is -0.777. The Morgan fingerprint density at radius 1 is 1.12 bits per heavy atom. The van der Waals surface area contributed by atoms with Crippen LogP contribution in [-0.4, -0.2) is 40.5 Å². The maximum absolute atomic E-state index is 11.7. The number of benzene rings is 1. The van der Waals surface area contributed by atoms with Gasteiger partial charge in [0.1, 0.15) is 11.6 Å². The quantitative estimate of drug-likeness (QED) is 0.672. The third-order valence-electron chi connectivity index (χ3n) is 2.96. The predicted octanol–water partition coefficient (Wildman–Crippen LogP) is 1.73. The zero-order valence-corrected chi connectivity index (χ0v) is 14.6. The third-order valence-corrected chi connectivity index (χ3v) is 2.96. The first kappa shape index (κ1) is 20.1. The number of hydrogen-bond donors (Lipinski definition) is 3. The van der Waals surface area contributed by atoms with Crippen molar-refractivity contribution in [2.75, 3.05) is 5.32 Å². The highest BCUT2D eigenvalue weighted by Crippen LogP contribution is 2.12. The molecule has 136 valence electrons. The molecule has 1 atom stereocenters. The van der Waals surface area contributed by atoms with Gasteiger partial charge in [-0.2, -0.15) is 0 Å². The van der Waals surface area contributed by atoms with Gasteiger partial charge in [0.25, 0.3) is 5.91 Å². The van der Waals surface area contributed by atoms with Crippen LogP contribution in [0.3, 0.4) is 0 Å². The van der Waals surface area contributed by atoms with E-state index < -0.39 is 35.4 Å². The number of Topliss-reactive ketones (excluding diaryl/α,β-unsaturated/α-hetero) is 1. The molecule has 0 aliphatic heterocycles. The van der Waals surface area contributed by atoms with Crippen LogP contribution in [0, 0.1) is 0 Å². The molecule has 8 nitrogen and oxygen atoms in total. The number of carbonyl (C=O) groups is 4. The molecular weight excluding hydrogens is 328 g/mol. The van der Waals surface area contributed by atoms with E-state index in [0.29, 0.717) is 11.3 Å². The summed E-state index contributed by atoms with van der Waals surface area (Å²) in [6, 6.07) is 5.13. The van der Waals surface area contributed by atoms with Crippen molar-refractivity contribution in [3.63, 3.8) is 0 Å². The first-order valence-electron chi connectivity index (χ1n) is 7.61. The molecule has 1 unspecified atom stereocenters. The summed E-state index contributed by atoms with van der Waals surface area (Å²) in [5, 5.41) is 14.0. The van der Waals surface area contributed by atoms with Gasteiger partial charge in [-0.1, -0.05) is 12.1 Å². The van der Waals surface area contributed by atoms with Gasteiger partial charge in [-0.05, 0) is 38.5 Å². The molecular formula is C17H22N2O6. The Kier molecular flexibility index (Phi) is 6.67. The number of ether oxygens (including phenoxy) is 1. The predicted molar refractivity (Wildman–Crippen MR) is 90.3 cm³/mol. The van der Waals surface area contributed by atoms with Crippen LogP contribution in [-0.2, 0) is 25.5 Å². The number of ketones is 1. The lowest BCUT2D eigenvalue weighted by Gasteiger charge is -2.22. The monoisotopic (exact) mass is 350 g/mol. The molecule has 0 spiro atoms. The molecule has 3 N–H and O–H groups in total. The molecule has 2 amide bonds. The molecule has 0 radical (unpaired) electrons. The minimum atomic E-state index is -1.19. The van der Waals surface area contributed by atoms with Crippen molar-refractivity contribution in [3.8, 4) is 0 Å². The molecule has 8 heteroatoms. The van der Waals surface area contributed by atoms with E-state index in [9.17, 15) is 24.3 Å². The SMILES string of the molecule is CC(=O)C(=O)Nc1ccc(CC(NC(=O)OC(C)(C)C)C(=O)O)cc1. The van der Waals surface area contributed by atoms with Crippen LogP contribution in [0.2, 0.25) is 0 Å². The van der Waals surface area contributed by atoms with Gasteiger partial charge in [0.2, 0.25) is 5.78 Å². The van der Waals surface area contributed by atoms with E-state index in [2.05, 4.69) is 10.6 Å². The number of carbonyl (C=O) groups excluding carboxylic acids is 3. The van der Waals surface area contributed by atoms with Crippen molar-refractivity contribution in [1.82, 2.24) is 5.32 Å². The highest BCUT2D eigenvalue weighted by atomic mass is 16.6. The molecule has 1 aromatic carbocycles. The number of alkyl carbamates (subject to hydrolysis) is 1. The Balaban J connectivity index is 2.72. The number of nitrogens with one attached hydrogen (secondary N) is 2. The molecule has 0 fully saturated rings. The summed E-state index contributed by atoms with van der Waals surface area (Å²) in [5.41, 5.74) is 0.309. The summed E-state index contributed by atoms with van der Waals surface area (Å²) in [5.74, 6) is -2.54. The first-order valence-corrected chi connectivity index (χ1v) is 7.61. The zero-order valence-electron chi connectivity index (χ0n) is 14.6. The molecule has 1 aromatic rings. The highest BCUT2D eigenvalue weighted by molar-refractivity contribution is 6.39. The van der Waals surface area contributed by atoms with Gasteiger partial charge in [0, 0.05) is 19.0 Å². The Hall–Kier alpha value is -2.90. The second-order valence-corrected chi connectivity index (χ2v) is 6.45. The van der Waals surface area contributed by atoms with Crippen molar-refractivity contribution in [3.05, 3.63) is 29.8 Å². The fourth-order valence-electron chi connectivity index (χ4n) is 1.83. The van der Waals surface area contributed by atoms with Crippen LogP contribution >= 0.6 is 0 Å². The van der Waals surface area contributed by atoms with Crippen molar-refractivity contribution >= 4 is 29.4 Å². The van der Waals surface area contributed by atoms with E-state index in [4.69, 9.17) is 4.74 Å². The molecule has 0 saturated heterocycles. The lowest BCUT2D eigenvalue weighted by molar-refractivity contribution is -0.139. The van der Waals surface area contributed by atoms with Crippen molar-refractivity contribution in [1.29, 1.82) is 0 Å². The van der Waals surface area contributed by atoms with Gasteiger partial charge in [0.15, 0.2) is 0 Å². The minimum absolute atomic E-state index is 0.0372. The molecule has 0 saturated carbocycles. The Morgan fingerprint density at radius 2 is 1.68 bits per heavy atom. The second-order valence-electron chi connectivity index (χ2n) is 6.45. The van der Waals surface area contributed by atoms with E-state index in [1.54, 1.807) is 45.0 Å². The average molecular weight is 350 g/mol. The topological polar surface area (TPSA) is 122 Å². The molecule has 0 aromatic heterocycles. The van der Waals surface area contributed by atoms with Crippen LogP contribution < -0.4 is 10.6 Å². The van der Waals surface area contributed by atoms with Gasteiger partial charge in [-0.3, -0.25) is 9.59 Å². The van der Waals surface area contributed by atoms with E-state index in [1.807, 2.05) is 0 Å².